The van der Waals surface area contributed by atoms with Gasteiger partial charge in [-0.05, 0) is 77.5 Å². The summed E-state index contributed by atoms with van der Waals surface area (Å²) >= 11 is 0. The number of benzene rings is 1. The molecule has 0 aromatic heterocycles. The third-order valence-electron chi connectivity index (χ3n) is 5.84. The predicted octanol–water partition coefficient (Wildman–Crippen LogP) is 3.37. The van der Waals surface area contributed by atoms with Gasteiger partial charge < -0.3 is 33.7 Å². The van der Waals surface area contributed by atoms with E-state index in [0.717, 1.165) is 0 Å². The maximum atomic E-state index is 16.5. The highest BCUT2D eigenvalue weighted by Gasteiger charge is 2.37. The molecular weight excluding hydrogens is 617 g/mol. The second kappa shape index (κ2) is 16.1. The number of esters is 1. The average Bonchev–Trinajstić information content (AvgIpc) is 3.31. The SMILES string of the molecule is C=CCOC(=O)NS(=O)(=O)N(CC(=O)OC(C)(C)C)c1c(OCOCCOC)cc2c(c1F)CC(CNC(=O)OC(C)(C)C)C2. The van der Waals surface area contributed by atoms with Crippen LogP contribution < -0.4 is 19.1 Å². The zero-order valence-corrected chi connectivity index (χ0v) is 27.6. The highest BCUT2D eigenvalue weighted by atomic mass is 32.2. The Hall–Kier alpha value is -3.63. The zero-order chi connectivity index (χ0) is 34.0. The largest absolute Gasteiger partial charge is 0.465 e. The predicted molar refractivity (Wildman–Crippen MR) is 162 cm³/mol. The summed E-state index contributed by atoms with van der Waals surface area (Å²) in [6, 6.07) is 1.44. The van der Waals surface area contributed by atoms with E-state index >= 15 is 4.39 Å². The van der Waals surface area contributed by atoms with Crippen LogP contribution >= 0.6 is 0 Å². The van der Waals surface area contributed by atoms with E-state index in [-0.39, 0.29) is 50.0 Å². The number of nitrogens with one attached hydrogen (secondary N) is 2. The number of hydrogen-bond acceptors (Lipinski definition) is 11. The fraction of sp³-hybridized carbons (Fsp3) is 0.621. The summed E-state index contributed by atoms with van der Waals surface area (Å²) < 4.78 is 76.9. The van der Waals surface area contributed by atoms with Crippen molar-refractivity contribution in [2.75, 3.05) is 51.1 Å². The molecule has 2 N–H and O–H groups in total. The van der Waals surface area contributed by atoms with E-state index in [1.807, 2.05) is 0 Å². The Kier molecular flexibility index (Phi) is 13.4. The van der Waals surface area contributed by atoms with Crippen LogP contribution in [0.25, 0.3) is 0 Å². The van der Waals surface area contributed by atoms with Gasteiger partial charge in [0.1, 0.15) is 35.8 Å². The van der Waals surface area contributed by atoms with E-state index in [9.17, 15) is 22.8 Å². The van der Waals surface area contributed by atoms with Crippen LogP contribution in [0, 0.1) is 11.7 Å². The molecule has 1 unspecified atom stereocenters. The summed E-state index contributed by atoms with van der Waals surface area (Å²) in [7, 11) is -3.52. The minimum Gasteiger partial charge on any atom is -0.465 e. The molecular formula is C29H44FN3O11S. The number of rotatable bonds is 15. The van der Waals surface area contributed by atoms with Gasteiger partial charge in [-0.1, -0.05) is 12.7 Å². The molecule has 1 atom stereocenters. The Bertz CT molecular complexity index is 1320. The number of ether oxygens (including phenoxy) is 6. The van der Waals surface area contributed by atoms with Gasteiger partial charge >= 0.3 is 28.4 Å². The summed E-state index contributed by atoms with van der Waals surface area (Å²) in [5, 5.41) is 2.67. The lowest BCUT2D eigenvalue weighted by Gasteiger charge is -2.28. The molecule has 2 rings (SSSR count). The van der Waals surface area contributed by atoms with Crippen LogP contribution in [0.4, 0.5) is 19.7 Å². The highest BCUT2D eigenvalue weighted by molar-refractivity contribution is 7.91. The monoisotopic (exact) mass is 661 g/mol. The number of alkyl carbamates (subject to hydrolysis) is 1. The quantitative estimate of drug-likeness (QED) is 0.0930. The fourth-order valence-electron chi connectivity index (χ4n) is 4.22. The van der Waals surface area contributed by atoms with Gasteiger partial charge in [0.25, 0.3) is 0 Å². The van der Waals surface area contributed by atoms with Crippen molar-refractivity contribution in [1.29, 1.82) is 0 Å². The Morgan fingerprint density at radius 2 is 1.73 bits per heavy atom. The lowest BCUT2D eigenvalue weighted by atomic mass is 10.1. The number of methoxy groups -OCH3 is 1. The number of halogens is 1. The molecule has 14 nitrogen and oxygen atoms in total. The van der Waals surface area contributed by atoms with Gasteiger partial charge in [-0.15, -0.1) is 0 Å². The maximum Gasteiger partial charge on any atom is 0.422 e. The molecule has 16 heteroatoms. The summed E-state index contributed by atoms with van der Waals surface area (Å²) in [6.07, 6.45) is -0.378. The zero-order valence-electron chi connectivity index (χ0n) is 26.8. The maximum absolute atomic E-state index is 16.5. The molecule has 45 heavy (non-hydrogen) atoms. The standard InChI is InChI=1S/C29H44FN3O11S/c1-9-10-41-27(36)32-45(37,38)33(17-23(34)43-28(2,3)4)25-22(42-18-40-12-11-39-8)15-20-13-19(14-21(20)24(25)30)16-31-26(35)44-29(5,6)7/h9,15,19H,1,10-14,16-18H2,2-8H3,(H,31,35)(H,32,36). The third-order valence-corrected chi connectivity index (χ3v) is 7.16. The van der Waals surface area contributed by atoms with E-state index in [2.05, 4.69) is 11.9 Å². The summed E-state index contributed by atoms with van der Waals surface area (Å²) in [5.74, 6) is -2.59. The van der Waals surface area contributed by atoms with Gasteiger partial charge in [0.15, 0.2) is 12.6 Å². The van der Waals surface area contributed by atoms with E-state index in [4.69, 9.17) is 28.4 Å². The molecule has 1 aliphatic rings. The van der Waals surface area contributed by atoms with Crippen molar-refractivity contribution in [3.8, 4) is 5.75 Å². The van der Waals surface area contributed by atoms with Crippen LogP contribution in [0.1, 0.15) is 52.7 Å². The van der Waals surface area contributed by atoms with Gasteiger partial charge in [-0.25, -0.2) is 23.0 Å². The van der Waals surface area contributed by atoms with E-state index in [0.29, 0.717) is 16.3 Å². The van der Waals surface area contributed by atoms with E-state index < -0.39 is 64.4 Å². The first kappa shape index (κ1) is 37.6. The first-order valence-corrected chi connectivity index (χ1v) is 15.6. The van der Waals surface area contributed by atoms with Crippen molar-refractivity contribution in [1.82, 2.24) is 10.0 Å². The first-order chi connectivity index (χ1) is 20.9. The second-order valence-corrected chi connectivity index (χ2v) is 13.7. The van der Waals surface area contributed by atoms with Crippen molar-refractivity contribution in [3.63, 3.8) is 0 Å². The number of carbonyl (C=O) groups is 3. The van der Waals surface area contributed by atoms with Crippen LogP contribution in [0.2, 0.25) is 0 Å². The Balaban J connectivity index is 2.54. The molecule has 1 aliphatic carbocycles. The topological polar surface area (TPSA) is 168 Å². The van der Waals surface area contributed by atoms with E-state index in [1.165, 1.54) is 19.3 Å². The number of fused-ring (bicyclic) bond motifs is 1. The molecule has 1 aromatic carbocycles. The Labute approximate surface area is 263 Å². The van der Waals surface area contributed by atoms with Crippen molar-refractivity contribution in [2.24, 2.45) is 5.92 Å². The lowest BCUT2D eigenvalue weighted by molar-refractivity contribution is -0.152. The smallest absolute Gasteiger partial charge is 0.422 e. The number of nitrogens with zero attached hydrogens (tertiary/aromatic N) is 1. The van der Waals surface area contributed by atoms with Crippen molar-refractivity contribution in [3.05, 3.63) is 35.7 Å². The lowest BCUT2D eigenvalue weighted by Crippen LogP contribution is -2.47. The number of anilines is 1. The highest BCUT2D eigenvalue weighted by Crippen LogP contribution is 2.41. The molecule has 0 bridgehead atoms. The summed E-state index contributed by atoms with van der Waals surface area (Å²) in [5.41, 5.74) is -1.74. The van der Waals surface area contributed by atoms with Gasteiger partial charge in [0.2, 0.25) is 0 Å². The molecule has 0 radical (unpaired) electrons. The molecule has 254 valence electrons. The summed E-state index contributed by atoms with van der Waals surface area (Å²) in [4.78, 5) is 37.3. The molecule has 2 amide bonds. The molecule has 0 saturated heterocycles. The normalized spacial score (nSPS) is 14.6. The van der Waals surface area contributed by atoms with Gasteiger partial charge in [0.05, 0.1) is 13.2 Å². The van der Waals surface area contributed by atoms with Crippen LogP contribution in [-0.2, 0) is 51.5 Å². The van der Waals surface area contributed by atoms with Crippen molar-refractivity contribution >= 4 is 34.1 Å². The fourth-order valence-corrected chi connectivity index (χ4v) is 5.28. The van der Waals surface area contributed by atoms with Crippen LogP contribution in [0.3, 0.4) is 0 Å². The number of hydrogen-bond donors (Lipinski definition) is 2. The van der Waals surface area contributed by atoms with Gasteiger partial charge in [0, 0.05) is 13.7 Å². The summed E-state index contributed by atoms with van der Waals surface area (Å²) in [6.45, 7) is 12.0. The molecule has 0 spiro atoms. The first-order valence-electron chi connectivity index (χ1n) is 14.2. The van der Waals surface area contributed by atoms with E-state index in [1.54, 1.807) is 46.3 Å². The number of carbonyl (C=O) groups excluding carboxylic acids is 3. The van der Waals surface area contributed by atoms with Gasteiger partial charge in [-0.3, -0.25) is 4.79 Å². The number of amides is 2. The molecule has 0 saturated carbocycles. The minimum atomic E-state index is -4.99. The average molecular weight is 662 g/mol. The Morgan fingerprint density at radius 3 is 2.33 bits per heavy atom. The van der Waals surface area contributed by atoms with Crippen LogP contribution in [0.5, 0.6) is 5.75 Å². The van der Waals surface area contributed by atoms with Crippen LogP contribution in [0.15, 0.2) is 18.7 Å². The van der Waals surface area contributed by atoms with Crippen molar-refractivity contribution < 1.29 is 55.6 Å². The molecule has 0 fully saturated rings. The van der Waals surface area contributed by atoms with Crippen molar-refractivity contribution in [2.45, 2.75) is 65.6 Å². The van der Waals surface area contributed by atoms with Crippen LogP contribution in [-0.4, -0.2) is 84.6 Å². The Morgan fingerprint density at radius 1 is 1.07 bits per heavy atom. The minimum absolute atomic E-state index is 0.115. The second-order valence-electron chi connectivity index (χ2n) is 12.1. The third kappa shape index (κ3) is 12.4. The molecule has 0 heterocycles. The molecule has 0 aliphatic heterocycles. The molecule has 1 aromatic rings. The van der Waals surface area contributed by atoms with Gasteiger partial charge in [-0.2, -0.15) is 8.42 Å².